The highest BCUT2D eigenvalue weighted by molar-refractivity contribution is 6.08. The van der Waals surface area contributed by atoms with Crippen molar-refractivity contribution in [2.45, 2.75) is 0 Å². The summed E-state index contributed by atoms with van der Waals surface area (Å²) in [4.78, 5) is 12.1. The standard InChI is InChI=1S/C17H16O7/c1-23-16-14(21)12(13(20)15(22)17(16)24-2)11(19)8-10(18)9-6-4-3-5-7-9/h3-8,19-22H,1-2H3. The van der Waals surface area contributed by atoms with Crippen molar-refractivity contribution < 1.29 is 34.7 Å². The second-order valence-corrected chi connectivity index (χ2v) is 4.75. The first-order valence-corrected chi connectivity index (χ1v) is 6.81. The van der Waals surface area contributed by atoms with Crippen molar-refractivity contribution in [2.24, 2.45) is 0 Å². The molecule has 4 N–H and O–H groups in total. The molecule has 0 saturated carbocycles. The van der Waals surface area contributed by atoms with Gasteiger partial charge in [-0.2, -0.15) is 0 Å². The Labute approximate surface area is 137 Å². The second kappa shape index (κ2) is 6.82. The number of ketones is 1. The quantitative estimate of drug-likeness (QED) is 0.219. The number of aliphatic hydroxyl groups is 1. The first kappa shape index (κ1) is 17.0. The zero-order chi connectivity index (χ0) is 17.9. The van der Waals surface area contributed by atoms with Crippen LogP contribution in [-0.4, -0.2) is 40.4 Å². The lowest BCUT2D eigenvalue weighted by Gasteiger charge is -2.16. The molecule has 2 rings (SSSR count). The van der Waals surface area contributed by atoms with Crippen LogP contribution in [0, 0.1) is 0 Å². The van der Waals surface area contributed by atoms with Crippen molar-refractivity contribution in [3.05, 3.63) is 47.5 Å². The molecule has 7 heteroatoms. The number of benzene rings is 2. The largest absolute Gasteiger partial charge is 0.507 e. The van der Waals surface area contributed by atoms with Crippen molar-refractivity contribution in [2.75, 3.05) is 14.2 Å². The zero-order valence-electron chi connectivity index (χ0n) is 13.0. The van der Waals surface area contributed by atoms with Crippen LogP contribution < -0.4 is 9.47 Å². The molecule has 0 atom stereocenters. The minimum atomic E-state index is -0.847. The molecule has 2 aromatic rings. The molecular formula is C17H16O7. The van der Waals surface area contributed by atoms with Gasteiger partial charge in [-0.15, -0.1) is 0 Å². The third kappa shape index (κ3) is 2.91. The number of aliphatic hydroxyl groups excluding tert-OH is 1. The monoisotopic (exact) mass is 332 g/mol. The first-order chi connectivity index (χ1) is 11.4. The van der Waals surface area contributed by atoms with E-state index in [9.17, 15) is 25.2 Å². The Morgan fingerprint density at radius 1 is 0.917 bits per heavy atom. The zero-order valence-corrected chi connectivity index (χ0v) is 13.0. The van der Waals surface area contributed by atoms with E-state index in [0.717, 1.165) is 6.08 Å². The van der Waals surface area contributed by atoms with E-state index in [0.29, 0.717) is 5.56 Å². The van der Waals surface area contributed by atoms with Crippen LogP contribution in [0.3, 0.4) is 0 Å². The van der Waals surface area contributed by atoms with Gasteiger partial charge in [0.15, 0.2) is 17.3 Å². The Morgan fingerprint density at radius 2 is 1.46 bits per heavy atom. The molecule has 0 unspecified atom stereocenters. The summed E-state index contributed by atoms with van der Waals surface area (Å²) in [7, 11) is 2.40. The fraction of sp³-hybridized carbons (Fsp3) is 0.118. The highest BCUT2D eigenvalue weighted by Crippen LogP contribution is 2.53. The number of phenolic OH excluding ortho intramolecular Hbond substituents is 3. The van der Waals surface area contributed by atoms with Crippen LogP contribution in [0.5, 0.6) is 28.7 Å². The molecule has 24 heavy (non-hydrogen) atoms. The molecular weight excluding hydrogens is 316 g/mol. The molecule has 0 radical (unpaired) electrons. The highest BCUT2D eigenvalue weighted by Gasteiger charge is 2.27. The number of allylic oxidation sites excluding steroid dienone is 1. The van der Waals surface area contributed by atoms with Gasteiger partial charge in [-0.05, 0) is 0 Å². The van der Waals surface area contributed by atoms with Crippen LogP contribution in [0.25, 0.3) is 5.76 Å². The van der Waals surface area contributed by atoms with E-state index < -0.39 is 34.4 Å². The Hall–Kier alpha value is -3.35. The van der Waals surface area contributed by atoms with Crippen molar-refractivity contribution in [1.82, 2.24) is 0 Å². The maximum Gasteiger partial charge on any atom is 0.211 e. The lowest BCUT2D eigenvalue weighted by Crippen LogP contribution is -1.99. The van der Waals surface area contributed by atoms with Crippen LogP contribution in [0.2, 0.25) is 0 Å². The molecule has 2 aromatic carbocycles. The second-order valence-electron chi connectivity index (χ2n) is 4.75. The molecule has 0 aliphatic rings. The van der Waals surface area contributed by atoms with Crippen LogP contribution in [0.4, 0.5) is 0 Å². The average molecular weight is 332 g/mol. The number of aromatic hydroxyl groups is 3. The number of rotatable bonds is 5. The average Bonchev–Trinajstić information content (AvgIpc) is 2.58. The van der Waals surface area contributed by atoms with E-state index in [-0.39, 0.29) is 11.5 Å². The summed E-state index contributed by atoms with van der Waals surface area (Å²) < 4.78 is 9.76. The van der Waals surface area contributed by atoms with Crippen LogP contribution in [-0.2, 0) is 0 Å². The lowest BCUT2D eigenvalue weighted by molar-refractivity contribution is 0.104. The number of phenols is 3. The highest BCUT2D eigenvalue weighted by atomic mass is 16.5. The predicted octanol–water partition coefficient (Wildman–Crippen LogP) is 2.60. The summed E-state index contributed by atoms with van der Waals surface area (Å²) >= 11 is 0. The van der Waals surface area contributed by atoms with E-state index in [1.807, 2.05) is 0 Å². The molecule has 0 heterocycles. The van der Waals surface area contributed by atoms with Crippen molar-refractivity contribution >= 4 is 11.5 Å². The van der Waals surface area contributed by atoms with Gasteiger partial charge in [0.2, 0.25) is 17.2 Å². The molecule has 7 nitrogen and oxygen atoms in total. The molecule has 0 bridgehead atoms. The number of ether oxygens (including phenoxy) is 2. The van der Waals surface area contributed by atoms with E-state index in [1.54, 1.807) is 18.2 Å². The predicted molar refractivity (Wildman–Crippen MR) is 85.9 cm³/mol. The van der Waals surface area contributed by atoms with E-state index in [4.69, 9.17) is 9.47 Å². The van der Waals surface area contributed by atoms with E-state index in [1.165, 1.54) is 26.4 Å². The Bertz CT molecular complexity index is 795. The van der Waals surface area contributed by atoms with Crippen LogP contribution >= 0.6 is 0 Å². The molecule has 0 aliphatic heterocycles. The van der Waals surface area contributed by atoms with Gasteiger partial charge in [-0.25, -0.2) is 0 Å². The maximum atomic E-state index is 12.1. The van der Waals surface area contributed by atoms with Crippen LogP contribution in [0.1, 0.15) is 15.9 Å². The molecule has 0 aromatic heterocycles. The number of hydrogen-bond donors (Lipinski definition) is 4. The van der Waals surface area contributed by atoms with E-state index in [2.05, 4.69) is 0 Å². The molecule has 126 valence electrons. The van der Waals surface area contributed by atoms with Crippen LogP contribution in [0.15, 0.2) is 36.4 Å². The summed E-state index contributed by atoms with van der Waals surface area (Å²) in [6.07, 6.45) is 0.815. The minimum Gasteiger partial charge on any atom is -0.507 e. The van der Waals surface area contributed by atoms with Crippen molar-refractivity contribution in [3.8, 4) is 28.7 Å². The lowest BCUT2D eigenvalue weighted by atomic mass is 10.0. The Kier molecular flexibility index (Phi) is 4.84. The van der Waals surface area contributed by atoms with E-state index >= 15 is 0 Å². The number of hydrogen-bond acceptors (Lipinski definition) is 7. The van der Waals surface area contributed by atoms with Crippen molar-refractivity contribution in [3.63, 3.8) is 0 Å². The summed E-state index contributed by atoms with van der Waals surface area (Å²) in [5.41, 5.74) is -0.248. The number of carbonyl (C=O) groups is 1. The summed E-state index contributed by atoms with van der Waals surface area (Å²) in [6, 6.07) is 8.10. The number of methoxy groups -OCH3 is 2. The SMILES string of the molecule is COc1c(O)c(O)c(C(O)=CC(=O)c2ccccc2)c(O)c1OC. The van der Waals surface area contributed by atoms with Gasteiger partial charge in [0.1, 0.15) is 11.3 Å². The fourth-order valence-corrected chi connectivity index (χ4v) is 2.17. The Morgan fingerprint density at radius 3 is 2.00 bits per heavy atom. The summed E-state index contributed by atoms with van der Waals surface area (Å²) in [5, 5.41) is 40.2. The normalized spacial score (nSPS) is 11.2. The van der Waals surface area contributed by atoms with Gasteiger partial charge in [-0.1, -0.05) is 30.3 Å². The fourth-order valence-electron chi connectivity index (χ4n) is 2.17. The van der Waals surface area contributed by atoms with Gasteiger partial charge in [0, 0.05) is 11.6 Å². The van der Waals surface area contributed by atoms with Gasteiger partial charge in [-0.3, -0.25) is 4.79 Å². The minimum absolute atomic E-state index is 0.296. The van der Waals surface area contributed by atoms with Gasteiger partial charge < -0.3 is 29.9 Å². The molecule has 0 saturated heterocycles. The topological polar surface area (TPSA) is 116 Å². The van der Waals surface area contributed by atoms with Gasteiger partial charge in [0.05, 0.1) is 14.2 Å². The third-order valence-corrected chi connectivity index (χ3v) is 3.32. The maximum absolute atomic E-state index is 12.1. The summed E-state index contributed by atoms with van der Waals surface area (Å²) in [5.74, 6) is -4.17. The molecule has 0 aliphatic carbocycles. The molecule has 0 amide bonds. The van der Waals surface area contributed by atoms with Gasteiger partial charge >= 0.3 is 0 Å². The number of carbonyl (C=O) groups excluding carboxylic acids is 1. The third-order valence-electron chi connectivity index (χ3n) is 3.32. The molecule has 0 fully saturated rings. The Balaban J connectivity index is 2.57. The summed E-state index contributed by atoms with van der Waals surface area (Å²) in [6.45, 7) is 0. The smallest absolute Gasteiger partial charge is 0.211 e. The molecule has 0 spiro atoms. The van der Waals surface area contributed by atoms with Crippen molar-refractivity contribution in [1.29, 1.82) is 0 Å². The first-order valence-electron chi connectivity index (χ1n) is 6.81. The van der Waals surface area contributed by atoms with Gasteiger partial charge in [0.25, 0.3) is 0 Å².